The van der Waals surface area contributed by atoms with E-state index < -0.39 is 24.1 Å². The lowest BCUT2D eigenvalue weighted by atomic mass is 10.1. The molecule has 23 heavy (non-hydrogen) atoms. The zero-order chi connectivity index (χ0) is 17.7. The van der Waals surface area contributed by atoms with Gasteiger partial charge in [-0.3, -0.25) is 9.59 Å². The highest BCUT2D eigenvalue weighted by molar-refractivity contribution is 5.94. The third-order valence-corrected chi connectivity index (χ3v) is 3.29. The van der Waals surface area contributed by atoms with E-state index >= 15 is 0 Å². The fraction of sp³-hybridized carbons (Fsp3) is 0.882. The van der Waals surface area contributed by atoms with Crippen molar-refractivity contribution in [2.24, 2.45) is 5.92 Å². The van der Waals surface area contributed by atoms with E-state index in [1.54, 1.807) is 6.92 Å². The Labute approximate surface area is 139 Å². The fourth-order valence-corrected chi connectivity index (χ4v) is 2.07. The van der Waals surface area contributed by atoms with Gasteiger partial charge < -0.3 is 18.9 Å². The van der Waals surface area contributed by atoms with E-state index in [4.69, 9.17) is 18.9 Å². The third-order valence-electron chi connectivity index (χ3n) is 3.29. The number of hydrogen-bond acceptors (Lipinski definition) is 6. The summed E-state index contributed by atoms with van der Waals surface area (Å²) in [6.07, 6.45) is 1.56. The smallest absolute Gasteiger partial charge is 0.322 e. The molecule has 0 bridgehead atoms. The van der Waals surface area contributed by atoms with Crippen molar-refractivity contribution < 1.29 is 28.5 Å². The van der Waals surface area contributed by atoms with Gasteiger partial charge in [-0.1, -0.05) is 20.3 Å². The lowest BCUT2D eigenvalue weighted by molar-refractivity contribution is -0.190. The van der Waals surface area contributed by atoms with Crippen molar-refractivity contribution in [3.05, 3.63) is 0 Å². The van der Waals surface area contributed by atoms with E-state index in [0.29, 0.717) is 32.7 Å². The topological polar surface area (TPSA) is 71.1 Å². The minimum atomic E-state index is -0.913. The molecule has 3 unspecified atom stereocenters. The zero-order valence-electron chi connectivity index (χ0n) is 15.1. The predicted molar refractivity (Wildman–Crippen MR) is 86.9 cm³/mol. The third kappa shape index (κ3) is 9.56. The Balaban J connectivity index is 4.55. The number of hydrogen-bond donors (Lipinski definition) is 0. The van der Waals surface area contributed by atoms with Crippen LogP contribution in [0.3, 0.4) is 0 Å². The van der Waals surface area contributed by atoms with Gasteiger partial charge in [0.2, 0.25) is 6.29 Å². The van der Waals surface area contributed by atoms with Gasteiger partial charge in [0.05, 0.1) is 12.7 Å². The van der Waals surface area contributed by atoms with Crippen LogP contribution in [-0.4, -0.2) is 44.2 Å². The van der Waals surface area contributed by atoms with Gasteiger partial charge in [0.25, 0.3) is 0 Å². The summed E-state index contributed by atoms with van der Waals surface area (Å²) in [4.78, 5) is 24.3. The Hall–Kier alpha value is -1.14. The van der Waals surface area contributed by atoms with Crippen molar-refractivity contribution in [3.63, 3.8) is 0 Å². The van der Waals surface area contributed by atoms with Crippen molar-refractivity contribution in [1.82, 2.24) is 0 Å². The number of esters is 2. The summed E-state index contributed by atoms with van der Waals surface area (Å²) in [5.41, 5.74) is 0. The van der Waals surface area contributed by atoms with Gasteiger partial charge in [0, 0.05) is 19.6 Å². The minimum Gasteiger partial charge on any atom is -0.462 e. The summed E-state index contributed by atoms with van der Waals surface area (Å²) in [6, 6.07) is 0. The Morgan fingerprint density at radius 3 is 2.09 bits per heavy atom. The van der Waals surface area contributed by atoms with Crippen LogP contribution in [-0.2, 0) is 28.5 Å². The number of rotatable bonds is 13. The molecule has 0 spiro atoms. The van der Waals surface area contributed by atoms with Gasteiger partial charge in [-0.15, -0.1) is 0 Å². The van der Waals surface area contributed by atoms with E-state index in [1.807, 2.05) is 27.7 Å². The minimum absolute atomic E-state index is 0.199. The van der Waals surface area contributed by atoms with Crippen LogP contribution in [0.25, 0.3) is 0 Å². The SMILES string of the molecule is CCCC(C)OC(=O)C(CC)C(=O)OC(CCOCC)OCC. The van der Waals surface area contributed by atoms with Crippen LogP contribution >= 0.6 is 0 Å². The summed E-state index contributed by atoms with van der Waals surface area (Å²) in [6.45, 7) is 10.7. The summed E-state index contributed by atoms with van der Waals surface area (Å²) in [5, 5.41) is 0. The zero-order valence-corrected chi connectivity index (χ0v) is 15.1. The molecule has 0 amide bonds. The molecule has 0 heterocycles. The second-order valence-corrected chi connectivity index (χ2v) is 5.30. The van der Waals surface area contributed by atoms with E-state index in [-0.39, 0.29) is 6.10 Å². The Morgan fingerprint density at radius 2 is 1.57 bits per heavy atom. The first-order valence-corrected chi connectivity index (χ1v) is 8.60. The second kappa shape index (κ2) is 13.3. The molecule has 6 nitrogen and oxygen atoms in total. The maximum atomic E-state index is 12.2. The Bertz CT molecular complexity index is 331. The average molecular weight is 332 g/mol. The molecule has 0 aromatic rings. The first kappa shape index (κ1) is 21.9. The van der Waals surface area contributed by atoms with Crippen LogP contribution in [0, 0.1) is 5.92 Å². The molecule has 0 rings (SSSR count). The molecule has 0 aromatic carbocycles. The van der Waals surface area contributed by atoms with Crippen molar-refractivity contribution >= 4 is 11.9 Å². The highest BCUT2D eigenvalue weighted by Crippen LogP contribution is 2.14. The highest BCUT2D eigenvalue weighted by atomic mass is 16.7. The molecule has 0 radical (unpaired) electrons. The van der Waals surface area contributed by atoms with Crippen LogP contribution < -0.4 is 0 Å². The highest BCUT2D eigenvalue weighted by Gasteiger charge is 2.31. The standard InChI is InChI=1S/C17H32O6/c1-6-10-13(5)22-16(18)14(7-2)17(19)23-15(21-9-4)11-12-20-8-3/h13-15H,6-12H2,1-5H3. The monoisotopic (exact) mass is 332 g/mol. The molecule has 0 fully saturated rings. The fourth-order valence-electron chi connectivity index (χ4n) is 2.07. The van der Waals surface area contributed by atoms with Crippen molar-refractivity contribution in [2.75, 3.05) is 19.8 Å². The number of carbonyl (C=O) groups excluding carboxylic acids is 2. The predicted octanol–water partition coefficient (Wildman–Crippen LogP) is 3.08. The van der Waals surface area contributed by atoms with Gasteiger partial charge in [0.1, 0.15) is 0 Å². The van der Waals surface area contributed by atoms with Crippen molar-refractivity contribution in [1.29, 1.82) is 0 Å². The maximum absolute atomic E-state index is 12.2. The Morgan fingerprint density at radius 1 is 0.913 bits per heavy atom. The second-order valence-electron chi connectivity index (χ2n) is 5.30. The average Bonchev–Trinajstić information content (AvgIpc) is 2.48. The number of carbonyl (C=O) groups is 2. The molecule has 136 valence electrons. The quantitative estimate of drug-likeness (QED) is 0.223. The molecule has 0 saturated carbocycles. The van der Waals surface area contributed by atoms with Crippen LogP contribution in [0.5, 0.6) is 0 Å². The number of ether oxygens (including phenoxy) is 4. The largest absolute Gasteiger partial charge is 0.462 e. The molecule has 0 aliphatic carbocycles. The van der Waals surface area contributed by atoms with E-state index in [1.165, 1.54) is 0 Å². The molecule has 0 aliphatic rings. The van der Waals surface area contributed by atoms with E-state index in [2.05, 4.69) is 0 Å². The first-order chi connectivity index (χ1) is 11.0. The van der Waals surface area contributed by atoms with Crippen LogP contribution in [0.15, 0.2) is 0 Å². The van der Waals surface area contributed by atoms with Crippen LogP contribution in [0.1, 0.15) is 60.3 Å². The molecule has 6 heteroatoms. The summed E-state index contributed by atoms with van der Waals surface area (Å²) >= 11 is 0. The first-order valence-electron chi connectivity index (χ1n) is 8.60. The van der Waals surface area contributed by atoms with Crippen molar-refractivity contribution in [2.45, 2.75) is 72.7 Å². The van der Waals surface area contributed by atoms with Gasteiger partial charge in [-0.05, 0) is 33.6 Å². The molecular weight excluding hydrogens is 300 g/mol. The lowest BCUT2D eigenvalue weighted by Crippen LogP contribution is -2.33. The normalized spacial score (nSPS) is 14.8. The van der Waals surface area contributed by atoms with Gasteiger partial charge in [0.15, 0.2) is 5.92 Å². The van der Waals surface area contributed by atoms with Crippen LogP contribution in [0.4, 0.5) is 0 Å². The van der Waals surface area contributed by atoms with Gasteiger partial charge in [-0.25, -0.2) is 0 Å². The summed E-state index contributed by atoms with van der Waals surface area (Å²) in [5.74, 6) is -2.04. The van der Waals surface area contributed by atoms with Gasteiger partial charge >= 0.3 is 11.9 Å². The van der Waals surface area contributed by atoms with E-state index in [0.717, 1.165) is 12.8 Å². The maximum Gasteiger partial charge on any atom is 0.322 e. The van der Waals surface area contributed by atoms with Crippen LogP contribution in [0.2, 0.25) is 0 Å². The molecular formula is C17H32O6. The molecule has 3 atom stereocenters. The summed E-state index contributed by atoms with van der Waals surface area (Å²) in [7, 11) is 0. The molecule has 0 saturated heterocycles. The molecule has 0 aliphatic heterocycles. The molecule has 0 aromatic heterocycles. The Kier molecular flexibility index (Phi) is 12.7. The van der Waals surface area contributed by atoms with Crippen molar-refractivity contribution in [3.8, 4) is 0 Å². The van der Waals surface area contributed by atoms with E-state index in [9.17, 15) is 9.59 Å². The summed E-state index contributed by atoms with van der Waals surface area (Å²) < 4.78 is 21.2. The van der Waals surface area contributed by atoms with Gasteiger partial charge in [-0.2, -0.15) is 0 Å². The lowest BCUT2D eigenvalue weighted by Gasteiger charge is -2.21. The molecule has 0 N–H and O–H groups in total.